The second-order valence-electron chi connectivity index (χ2n) is 7.37. The number of hydrogen-bond donors (Lipinski definition) is 4. The van der Waals surface area contributed by atoms with E-state index in [0.29, 0.717) is 0 Å². The van der Waals surface area contributed by atoms with Crippen molar-refractivity contribution in [2.24, 2.45) is 0 Å². The maximum atomic E-state index is 10.6. The topological polar surface area (TPSA) is 104 Å². The SMILES string of the molecule is COc1ccc(Sc2cn([C@@H]3O[C@H](CO)[C@@H](O)[C@H](O)[C@H]3O)c3c(C)cccc23)cc1. The number of rotatable bonds is 5. The number of fused-ring (bicyclic) bond motifs is 1. The summed E-state index contributed by atoms with van der Waals surface area (Å²) in [5.74, 6) is 0.777. The molecule has 30 heavy (non-hydrogen) atoms. The lowest BCUT2D eigenvalue weighted by Gasteiger charge is -2.40. The maximum Gasteiger partial charge on any atom is 0.163 e. The Hall–Kier alpha value is -2.07. The molecule has 4 N–H and O–H groups in total. The zero-order chi connectivity index (χ0) is 21.4. The molecule has 1 fully saturated rings. The third-order valence-corrected chi connectivity index (χ3v) is 6.50. The summed E-state index contributed by atoms with van der Waals surface area (Å²) in [4.78, 5) is 1.97. The number of methoxy groups -OCH3 is 1. The summed E-state index contributed by atoms with van der Waals surface area (Å²) in [6, 6.07) is 13.6. The molecule has 0 aliphatic carbocycles. The van der Waals surface area contributed by atoms with E-state index in [2.05, 4.69) is 0 Å². The van der Waals surface area contributed by atoms with Crippen molar-refractivity contribution in [1.29, 1.82) is 0 Å². The number of hydrogen-bond acceptors (Lipinski definition) is 7. The Labute approximate surface area is 178 Å². The molecule has 0 bridgehead atoms. The van der Waals surface area contributed by atoms with Crippen LogP contribution in [0.15, 0.2) is 58.5 Å². The summed E-state index contributed by atoms with van der Waals surface area (Å²) in [6.45, 7) is 1.50. The van der Waals surface area contributed by atoms with Gasteiger partial charge in [0.25, 0.3) is 0 Å². The van der Waals surface area contributed by atoms with E-state index >= 15 is 0 Å². The fraction of sp³-hybridized carbons (Fsp3) is 0.364. The highest BCUT2D eigenvalue weighted by atomic mass is 32.2. The minimum Gasteiger partial charge on any atom is -0.497 e. The number of aryl methyl sites for hydroxylation is 1. The van der Waals surface area contributed by atoms with Gasteiger partial charge in [-0.15, -0.1) is 0 Å². The van der Waals surface area contributed by atoms with Gasteiger partial charge in [-0.1, -0.05) is 30.0 Å². The zero-order valence-corrected chi connectivity index (χ0v) is 17.5. The van der Waals surface area contributed by atoms with Crippen LogP contribution in [0.25, 0.3) is 10.9 Å². The van der Waals surface area contributed by atoms with E-state index < -0.39 is 37.3 Å². The normalized spacial score (nSPS) is 26.8. The van der Waals surface area contributed by atoms with Crippen molar-refractivity contribution in [3.05, 3.63) is 54.2 Å². The van der Waals surface area contributed by atoms with Crippen molar-refractivity contribution in [3.8, 4) is 5.75 Å². The summed E-state index contributed by atoms with van der Waals surface area (Å²) < 4.78 is 12.8. The van der Waals surface area contributed by atoms with Crippen LogP contribution in [0.4, 0.5) is 0 Å². The molecule has 5 atom stereocenters. The number of nitrogens with zero attached hydrogens (tertiary/aromatic N) is 1. The lowest BCUT2D eigenvalue weighted by molar-refractivity contribution is -0.250. The molecule has 8 heteroatoms. The quantitative estimate of drug-likeness (QED) is 0.490. The van der Waals surface area contributed by atoms with Crippen molar-refractivity contribution in [3.63, 3.8) is 0 Å². The van der Waals surface area contributed by atoms with Gasteiger partial charge in [0.05, 0.1) is 19.2 Å². The second kappa shape index (κ2) is 8.58. The number of aliphatic hydroxyl groups is 4. The van der Waals surface area contributed by atoms with Gasteiger partial charge in [0.1, 0.15) is 30.2 Å². The predicted octanol–water partition coefficient (Wildman–Crippen LogP) is 2.08. The lowest BCUT2D eigenvalue weighted by Crippen LogP contribution is -2.56. The summed E-state index contributed by atoms with van der Waals surface area (Å²) in [5, 5.41) is 41.5. The summed E-state index contributed by atoms with van der Waals surface area (Å²) in [5.41, 5.74) is 1.84. The third kappa shape index (κ3) is 3.71. The maximum absolute atomic E-state index is 10.6. The van der Waals surface area contributed by atoms with Crippen molar-refractivity contribution in [1.82, 2.24) is 4.57 Å². The molecule has 4 rings (SSSR count). The van der Waals surface area contributed by atoms with Crippen LogP contribution in [0.2, 0.25) is 0 Å². The largest absolute Gasteiger partial charge is 0.497 e. The lowest BCUT2D eigenvalue weighted by atomic mass is 9.98. The molecule has 160 valence electrons. The number of aromatic nitrogens is 1. The average molecular weight is 432 g/mol. The van der Waals surface area contributed by atoms with E-state index in [1.54, 1.807) is 23.4 Å². The highest BCUT2D eigenvalue weighted by molar-refractivity contribution is 7.99. The third-order valence-electron chi connectivity index (χ3n) is 5.45. The van der Waals surface area contributed by atoms with Crippen LogP contribution < -0.4 is 4.74 Å². The van der Waals surface area contributed by atoms with Gasteiger partial charge in [-0.2, -0.15) is 0 Å². The van der Waals surface area contributed by atoms with Crippen molar-refractivity contribution in [2.75, 3.05) is 13.7 Å². The zero-order valence-electron chi connectivity index (χ0n) is 16.7. The highest BCUT2D eigenvalue weighted by Crippen LogP contribution is 2.40. The van der Waals surface area contributed by atoms with Crippen LogP contribution in [0.3, 0.4) is 0 Å². The van der Waals surface area contributed by atoms with Gasteiger partial charge < -0.3 is 34.5 Å². The first-order chi connectivity index (χ1) is 14.4. The van der Waals surface area contributed by atoms with Crippen LogP contribution in [0.1, 0.15) is 11.8 Å². The monoisotopic (exact) mass is 431 g/mol. The molecule has 1 saturated heterocycles. The second-order valence-corrected chi connectivity index (χ2v) is 8.48. The Kier molecular flexibility index (Phi) is 6.06. The van der Waals surface area contributed by atoms with E-state index in [4.69, 9.17) is 9.47 Å². The van der Waals surface area contributed by atoms with Crippen LogP contribution >= 0.6 is 11.8 Å². The summed E-state index contributed by atoms with van der Waals surface area (Å²) in [6.07, 6.45) is -4.21. The van der Waals surface area contributed by atoms with Crippen molar-refractivity contribution < 1.29 is 29.9 Å². The smallest absolute Gasteiger partial charge is 0.163 e. The number of aliphatic hydroxyl groups excluding tert-OH is 4. The molecule has 1 aromatic heterocycles. The molecule has 0 spiro atoms. The highest BCUT2D eigenvalue weighted by Gasteiger charge is 2.44. The molecule has 0 saturated carbocycles. The molecule has 7 nitrogen and oxygen atoms in total. The molecular weight excluding hydrogens is 406 g/mol. The standard InChI is InChI=1S/C22H25NO6S/c1-12-4-3-5-15-17(30-14-8-6-13(28-2)7-9-14)10-23(18(12)15)22-21(27)20(26)19(25)16(11-24)29-22/h3-10,16,19-22,24-27H,11H2,1-2H3/t16-,19-,20+,21-,22-/m1/s1. The molecule has 2 aromatic carbocycles. The Balaban J connectivity index is 1.76. The average Bonchev–Trinajstić information content (AvgIpc) is 3.12. The molecule has 0 radical (unpaired) electrons. The molecule has 0 unspecified atom stereocenters. The predicted molar refractivity (Wildman–Crippen MR) is 113 cm³/mol. The number of ether oxygens (including phenoxy) is 2. The molecule has 2 heterocycles. The van der Waals surface area contributed by atoms with Gasteiger partial charge >= 0.3 is 0 Å². The Morgan fingerprint density at radius 2 is 1.77 bits per heavy atom. The van der Waals surface area contributed by atoms with Gasteiger partial charge in [0, 0.05) is 21.4 Å². The van der Waals surface area contributed by atoms with Crippen LogP contribution in [-0.2, 0) is 4.74 Å². The van der Waals surface area contributed by atoms with E-state index in [0.717, 1.165) is 32.0 Å². The van der Waals surface area contributed by atoms with Crippen molar-refractivity contribution in [2.45, 2.75) is 47.4 Å². The van der Waals surface area contributed by atoms with Gasteiger partial charge in [0.15, 0.2) is 6.23 Å². The van der Waals surface area contributed by atoms with Gasteiger partial charge in [-0.3, -0.25) is 0 Å². The van der Waals surface area contributed by atoms with Crippen LogP contribution in [0, 0.1) is 6.92 Å². The molecule has 1 aliphatic heterocycles. The first-order valence-electron chi connectivity index (χ1n) is 9.67. The minimum absolute atomic E-state index is 0.465. The fourth-order valence-corrected chi connectivity index (χ4v) is 4.79. The first-order valence-corrected chi connectivity index (χ1v) is 10.5. The van der Waals surface area contributed by atoms with E-state index in [1.807, 2.05) is 55.6 Å². The Bertz CT molecular complexity index is 1020. The van der Waals surface area contributed by atoms with E-state index in [-0.39, 0.29) is 0 Å². The van der Waals surface area contributed by atoms with Crippen molar-refractivity contribution >= 4 is 22.7 Å². The molecular formula is C22H25NO6S. The van der Waals surface area contributed by atoms with Crippen LogP contribution in [0.5, 0.6) is 5.75 Å². The Morgan fingerprint density at radius 3 is 2.43 bits per heavy atom. The van der Waals surface area contributed by atoms with E-state index in [1.165, 1.54) is 0 Å². The fourth-order valence-electron chi connectivity index (χ4n) is 3.83. The Morgan fingerprint density at radius 1 is 1.03 bits per heavy atom. The number of benzene rings is 2. The van der Waals surface area contributed by atoms with Gasteiger partial charge in [-0.25, -0.2) is 0 Å². The molecule has 1 aliphatic rings. The summed E-state index contributed by atoms with van der Waals surface area (Å²) >= 11 is 1.56. The molecule has 0 amide bonds. The summed E-state index contributed by atoms with van der Waals surface area (Å²) in [7, 11) is 1.62. The first kappa shape index (κ1) is 21.2. The molecule has 3 aromatic rings. The van der Waals surface area contributed by atoms with Crippen LogP contribution in [-0.4, -0.2) is 63.1 Å². The van der Waals surface area contributed by atoms with Gasteiger partial charge in [0.2, 0.25) is 0 Å². The van der Waals surface area contributed by atoms with E-state index in [9.17, 15) is 20.4 Å². The van der Waals surface area contributed by atoms with Gasteiger partial charge in [-0.05, 0) is 36.8 Å². The number of para-hydroxylation sites is 1. The minimum atomic E-state index is -1.43.